The summed E-state index contributed by atoms with van der Waals surface area (Å²) in [5.74, 6) is 0.805. The monoisotopic (exact) mass is 384 g/mol. The van der Waals surface area contributed by atoms with Gasteiger partial charge in [0.2, 0.25) is 0 Å². The summed E-state index contributed by atoms with van der Waals surface area (Å²) in [7, 11) is 1.64. The molecule has 0 aliphatic rings. The molecule has 120 valence electrons. The summed E-state index contributed by atoms with van der Waals surface area (Å²) in [6.07, 6.45) is 1.74. The van der Waals surface area contributed by atoms with E-state index in [0.29, 0.717) is 10.2 Å². The highest BCUT2D eigenvalue weighted by atomic mass is 79.9. The van der Waals surface area contributed by atoms with Crippen LogP contribution < -0.4 is 4.74 Å². The Hall–Kier alpha value is -2.73. The van der Waals surface area contributed by atoms with Gasteiger partial charge in [0, 0.05) is 33.8 Å². The van der Waals surface area contributed by atoms with E-state index in [4.69, 9.17) is 4.74 Å². The maximum Gasteiger partial charge on any atom is 0.270 e. The van der Waals surface area contributed by atoms with Crippen LogP contribution in [0.25, 0.3) is 10.8 Å². The molecule has 0 heterocycles. The number of benzene rings is 3. The van der Waals surface area contributed by atoms with Crippen molar-refractivity contribution in [2.24, 2.45) is 4.99 Å². The van der Waals surface area contributed by atoms with Crippen molar-refractivity contribution in [3.8, 4) is 5.75 Å². The number of methoxy groups -OCH3 is 1. The number of nitro benzene ring substituents is 1. The summed E-state index contributed by atoms with van der Waals surface area (Å²) in [4.78, 5) is 14.8. The summed E-state index contributed by atoms with van der Waals surface area (Å²) < 4.78 is 5.96. The zero-order valence-corrected chi connectivity index (χ0v) is 14.4. The fraction of sp³-hybridized carbons (Fsp3) is 0.0556. The highest BCUT2D eigenvalue weighted by Crippen LogP contribution is 2.31. The van der Waals surface area contributed by atoms with E-state index in [0.717, 1.165) is 22.1 Å². The summed E-state index contributed by atoms with van der Waals surface area (Å²) in [5, 5.41) is 12.8. The molecule has 0 bridgehead atoms. The lowest BCUT2D eigenvalue weighted by Gasteiger charge is -2.07. The molecule has 0 saturated carbocycles. The maximum absolute atomic E-state index is 10.8. The number of ether oxygens (including phenoxy) is 1. The lowest BCUT2D eigenvalue weighted by molar-refractivity contribution is -0.384. The van der Waals surface area contributed by atoms with Gasteiger partial charge in [-0.2, -0.15) is 0 Å². The van der Waals surface area contributed by atoms with Crippen LogP contribution in [0, 0.1) is 10.1 Å². The molecule has 0 aliphatic carbocycles. The Bertz CT molecular complexity index is 954. The number of nitro groups is 1. The minimum absolute atomic E-state index is 0.0238. The Morgan fingerprint density at radius 3 is 2.54 bits per heavy atom. The molecule has 5 nitrogen and oxygen atoms in total. The summed E-state index contributed by atoms with van der Waals surface area (Å²) in [5.41, 5.74) is 1.59. The SMILES string of the molecule is COc1ccc(C=Nc2ccc([N+](=O)[O-])cc2Br)c2ccccc12. The number of aliphatic imine (C=N–C) groups is 1. The van der Waals surface area contributed by atoms with Crippen LogP contribution >= 0.6 is 15.9 Å². The third-order valence-electron chi connectivity index (χ3n) is 3.62. The van der Waals surface area contributed by atoms with Crippen LogP contribution in [0.3, 0.4) is 0 Å². The van der Waals surface area contributed by atoms with Gasteiger partial charge in [-0.25, -0.2) is 0 Å². The molecule has 0 unspecified atom stereocenters. The summed E-state index contributed by atoms with van der Waals surface area (Å²) in [6, 6.07) is 16.2. The Balaban J connectivity index is 2.01. The first-order chi connectivity index (χ1) is 11.6. The smallest absolute Gasteiger partial charge is 0.270 e. The van der Waals surface area contributed by atoms with Gasteiger partial charge in [0.25, 0.3) is 5.69 Å². The molecule has 0 saturated heterocycles. The van der Waals surface area contributed by atoms with E-state index in [-0.39, 0.29) is 5.69 Å². The van der Waals surface area contributed by atoms with Crippen LogP contribution in [0.4, 0.5) is 11.4 Å². The van der Waals surface area contributed by atoms with E-state index < -0.39 is 4.92 Å². The van der Waals surface area contributed by atoms with Gasteiger partial charge < -0.3 is 4.74 Å². The van der Waals surface area contributed by atoms with Crippen LogP contribution in [0.1, 0.15) is 5.56 Å². The first-order valence-corrected chi connectivity index (χ1v) is 7.93. The second kappa shape index (κ2) is 6.80. The molecule has 3 aromatic carbocycles. The molecule has 0 fully saturated rings. The number of non-ortho nitro benzene ring substituents is 1. The first kappa shape index (κ1) is 16.1. The molecular formula is C18H13BrN2O3. The van der Waals surface area contributed by atoms with Gasteiger partial charge in [-0.3, -0.25) is 15.1 Å². The lowest BCUT2D eigenvalue weighted by atomic mass is 10.0. The fourth-order valence-corrected chi connectivity index (χ4v) is 2.91. The van der Waals surface area contributed by atoms with E-state index in [2.05, 4.69) is 20.9 Å². The van der Waals surface area contributed by atoms with Crippen molar-refractivity contribution in [1.82, 2.24) is 0 Å². The Morgan fingerprint density at radius 1 is 1.12 bits per heavy atom. The van der Waals surface area contributed by atoms with Gasteiger partial charge in [0.15, 0.2) is 0 Å². The molecule has 0 N–H and O–H groups in total. The fourth-order valence-electron chi connectivity index (χ4n) is 2.44. The zero-order chi connectivity index (χ0) is 17.1. The minimum Gasteiger partial charge on any atom is -0.496 e. The molecular weight excluding hydrogens is 372 g/mol. The van der Waals surface area contributed by atoms with Crippen molar-refractivity contribution in [3.63, 3.8) is 0 Å². The summed E-state index contributed by atoms with van der Waals surface area (Å²) in [6.45, 7) is 0. The van der Waals surface area contributed by atoms with Crippen molar-refractivity contribution in [3.05, 3.63) is 74.7 Å². The molecule has 0 aliphatic heterocycles. The second-order valence-electron chi connectivity index (χ2n) is 5.05. The van der Waals surface area contributed by atoms with E-state index >= 15 is 0 Å². The summed E-state index contributed by atoms with van der Waals surface area (Å²) >= 11 is 3.32. The van der Waals surface area contributed by atoms with E-state index in [1.165, 1.54) is 12.1 Å². The Labute approximate surface area is 146 Å². The Morgan fingerprint density at radius 2 is 1.88 bits per heavy atom. The number of halogens is 1. The molecule has 6 heteroatoms. The highest BCUT2D eigenvalue weighted by Gasteiger charge is 2.09. The number of rotatable bonds is 4. The van der Waals surface area contributed by atoms with Gasteiger partial charge in [-0.05, 0) is 39.5 Å². The van der Waals surface area contributed by atoms with Crippen molar-refractivity contribution >= 4 is 44.3 Å². The zero-order valence-electron chi connectivity index (χ0n) is 12.8. The highest BCUT2D eigenvalue weighted by molar-refractivity contribution is 9.10. The van der Waals surface area contributed by atoms with Gasteiger partial charge in [-0.1, -0.05) is 24.3 Å². The molecule has 3 rings (SSSR count). The number of fused-ring (bicyclic) bond motifs is 1. The predicted octanol–water partition coefficient (Wildman–Crippen LogP) is 5.27. The lowest BCUT2D eigenvalue weighted by Crippen LogP contribution is -1.90. The van der Waals surface area contributed by atoms with Crippen LogP contribution in [0.2, 0.25) is 0 Å². The van der Waals surface area contributed by atoms with Gasteiger partial charge in [0.05, 0.1) is 17.7 Å². The van der Waals surface area contributed by atoms with E-state index in [1.807, 2.05) is 36.4 Å². The van der Waals surface area contributed by atoms with E-state index in [9.17, 15) is 10.1 Å². The van der Waals surface area contributed by atoms with Crippen molar-refractivity contribution in [1.29, 1.82) is 0 Å². The average molecular weight is 385 g/mol. The molecule has 0 spiro atoms. The average Bonchev–Trinajstić information content (AvgIpc) is 2.60. The molecule has 0 amide bonds. The van der Waals surface area contributed by atoms with Crippen LogP contribution in [-0.4, -0.2) is 18.2 Å². The molecule has 0 atom stereocenters. The number of hydrogen-bond acceptors (Lipinski definition) is 4. The molecule has 0 radical (unpaired) electrons. The Kier molecular flexibility index (Phi) is 4.57. The van der Waals surface area contributed by atoms with Gasteiger partial charge >= 0.3 is 0 Å². The maximum atomic E-state index is 10.8. The first-order valence-electron chi connectivity index (χ1n) is 7.14. The molecule has 24 heavy (non-hydrogen) atoms. The van der Waals surface area contributed by atoms with Crippen molar-refractivity contribution < 1.29 is 9.66 Å². The molecule has 0 aromatic heterocycles. The van der Waals surface area contributed by atoms with Gasteiger partial charge in [0.1, 0.15) is 5.75 Å². The minimum atomic E-state index is -0.435. The number of hydrogen-bond donors (Lipinski definition) is 0. The number of nitrogens with zero attached hydrogens (tertiary/aromatic N) is 2. The van der Waals surface area contributed by atoms with Crippen LogP contribution in [0.15, 0.2) is 64.1 Å². The van der Waals surface area contributed by atoms with E-state index in [1.54, 1.807) is 19.4 Å². The predicted molar refractivity (Wildman–Crippen MR) is 98.6 cm³/mol. The van der Waals surface area contributed by atoms with Crippen LogP contribution in [0.5, 0.6) is 5.75 Å². The standard InChI is InChI=1S/C18H13BrN2O3/c1-24-18-9-6-12(14-4-2-3-5-15(14)18)11-20-17-8-7-13(21(22)23)10-16(17)19/h2-11H,1H3. The van der Waals surface area contributed by atoms with Crippen molar-refractivity contribution in [2.75, 3.05) is 7.11 Å². The third-order valence-corrected chi connectivity index (χ3v) is 4.26. The third kappa shape index (κ3) is 3.14. The van der Waals surface area contributed by atoms with Crippen LogP contribution in [-0.2, 0) is 0 Å². The molecule has 3 aromatic rings. The normalized spacial score (nSPS) is 11.1. The quantitative estimate of drug-likeness (QED) is 0.349. The van der Waals surface area contributed by atoms with Gasteiger partial charge in [-0.15, -0.1) is 0 Å². The largest absolute Gasteiger partial charge is 0.496 e. The topological polar surface area (TPSA) is 64.7 Å². The second-order valence-corrected chi connectivity index (χ2v) is 5.91. The van der Waals surface area contributed by atoms with Crippen molar-refractivity contribution in [2.45, 2.75) is 0 Å².